The van der Waals surface area contributed by atoms with Gasteiger partial charge < -0.3 is 10.1 Å². The van der Waals surface area contributed by atoms with Crippen molar-refractivity contribution in [3.05, 3.63) is 53.1 Å². The number of esters is 1. The fourth-order valence-corrected chi connectivity index (χ4v) is 3.69. The lowest BCUT2D eigenvalue weighted by Crippen LogP contribution is -2.38. The van der Waals surface area contributed by atoms with Crippen molar-refractivity contribution >= 4 is 33.4 Å². The molecule has 2 heterocycles. The van der Waals surface area contributed by atoms with Gasteiger partial charge in [0.25, 0.3) is 11.5 Å². The maximum atomic E-state index is 12.7. The maximum Gasteiger partial charge on any atom is 0.326 e. The fraction of sp³-hybridized carbons (Fsp3) is 0.333. The zero-order chi connectivity index (χ0) is 21.0. The summed E-state index contributed by atoms with van der Waals surface area (Å²) in [5, 5.41) is 3.16. The molecule has 0 aliphatic heterocycles. The average molecular weight is 413 g/mol. The quantitative estimate of drug-likeness (QED) is 0.602. The highest BCUT2D eigenvalue weighted by atomic mass is 32.1. The molecule has 1 aromatic carbocycles. The second-order valence-corrected chi connectivity index (χ2v) is 8.17. The Labute approximate surface area is 172 Å². The monoisotopic (exact) mass is 413 g/mol. The Hall–Kier alpha value is -3.00. The summed E-state index contributed by atoms with van der Waals surface area (Å²) in [5.74, 6) is -0.734. The Balaban J connectivity index is 1.72. The van der Waals surface area contributed by atoms with Crippen molar-refractivity contribution < 1.29 is 14.3 Å². The van der Waals surface area contributed by atoms with Crippen LogP contribution >= 0.6 is 11.3 Å². The fourth-order valence-electron chi connectivity index (χ4n) is 2.69. The molecule has 2 aromatic heterocycles. The van der Waals surface area contributed by atoms with E-state index in [1.54, 1.807) is 6.07 Å². The summed E-state index contributed by atoms with van der Waals surface area (Å²) in [5.41, 5.74) is 0.685. The molecule has 0 saturated heterocycles. The predicted molar refractivity (Wildman–Crippen MR) is 113 cm³/mol. The number of nitrogens with zero attached hydrogens (tertiary/aromatic N) is 2. The first-order chi connectivity index (χ1) is 13.8. The summed E-state index contributed by atoms with van der Waals surface area (Å²) in [7, 11) is 0. The third kappa shape index (κ3) is 5.08. The van der Waals surface area contributed by atoms with Crippen LogP contribution in [0.2, 0.25) is 0 Å². The molecule has 0 unspecified atom stereocenters. The maximum absolute atomic E-state index is 12.7. The van der Waals surface area contributed by atoms with Gasteiger partial charge in [0.15, 0.2) is 6.10 Å². The minimum Gasteiger partial charge on any atom is -0.451 e. The normalized spacial score (nSPS) is 12.1. The SMILES string of the molecule is CC(C)CNC(=O)[C@@H](C)OC(=O)Cn1cnc2sc(-c3ccccc3)cc2c1=O. The van der Waals surface area contributed by atoms with Crippen molar-refractivity contribution in [2.24, 2.45) is 5.92 Å². The molecule has 0 aliphatic carbocycles. The van der Waals surface area contributed by atoms with Crippen molar-refractivity contribution in [3.8, 4) is 10.4 Å². The number of carbonyl (C=O) groups excluding carboxylic acids is 2. The van der Waals surface area contributed by atoms with Gasteiger partial charge in [-0.25, -0.2) is 4.98 Å². The van der Waals surface area contributed by atoms with Crippen LogP contribution in [0.1, 0.15) is 20.8 Å². The molecule has 0 aliphatic rings. The minimum atomic E-state index is -0.931. The van der Waals surface area contributed by atoms with Crippen molar-refractivity contribution in [1.29, 1.82) is 0 Å². The van der Waals surface area contributed by atoms with Gasteiger partial charge in [0.05, 0.1) is 11.7 Å². The zero-order valence-corrected chi connectivity index (χ0v) is 17.4. The van der Waals surface area contributed by atoms with Gasteiger partial charge in [-0.3, -0.25) is 19.0 Å². The summed E-state index contributed by atoms with van der Waals surface area (Å²) in [6.07, 6.45) is 0.403. The van der Waals surface area contributed by atoms with E-state index in [0.29, 0.717) is 22.7 Å². The molecule has 8 heteroatoms. The molecule has 7 nitrogen and oxygen atoms in total. The lowest BCUT2D eigenvalue weighted by atomic mass is 10.2. The Kier molecular flexibility index (Phi) is 6.43. The first-order valence-corrected chi connectivity index (χ1v) is 10.2. The molecule has 152 valence electrons. The van der Waals surface area contributed by atoms with E-state index in [-0.39, 0.29) is 18.0 Å². The highest BCUT2D eigenvalue weighted by Gasteiger charge is 2.19. The molecule has 0 saturated carbocycles. The Morgan fingerprint density at radius 2 is 1.93 bits per heavy atom. The van der Waals surface area contributed by atoms with Crippen LogP contribution < -0.4 is 10.9 Å². The van der Waals surface area contributed by atoms with Crippen LogP contribution in [-0.4, -0.2) is 34.1 Å². The first kappa shape index (κ1) is 20.7. The lowest BCUT2D eigenvalue weighted by Gasteiger charge is -2.14. The third-order valence-corrected chi connectivity index (χ3v) is 5.33. The standard InChI is InChI=1S/C21H23N3O4S/c1-13(2)10-22-19(26)14(3)28-18(25)11-24-12-23-20-16(21(24)27)9-17(29-20)15-7-5-4-6-8-15/h4-9,12-14H,10-11H2,1-3H3,(H,22,26)/t14-/m1/s1. The molecule has 3 aromatic rings. The number of carbonyl (C=O) groups is 2. The number of benzene rings is 1. The van der Waals surface area contributed by atoms with Gasteiger partial charge in [-0.2, -0.15) is 0 Å². The van der Waals surface area contributed by atoms with Crippen LogP contribution in [-0.2, 0) is 20.9 Å². The number of hydrogen-bond donors (Lipinski definition) is 1. The van der Waals surface area contributed by atoms with Gasteiger partial charge in [-0.15, -0.1) is 11.3 Å². The number of amides is 1. The van der Waals surface area contributed by atoms with E-state index in [2.05, 4.69) is 10.3 Å². The predicted octanol–water partition coefficient (Wildman–Crippen LogP) is 2.83. The molecule has 3 rings (SSSR count). The number of nitrogens with one attached hydrogen (secondary N) is 1. The van der Waals surface area contributed by atoms with E-state index < -0.39 is 12.1 Å². The molecule has 0 bridgehead atoms. The van der Waals surface area contributed by atoms with Crippen molar-refractivity contribution in [1.82, 2.24) is 14.9 Å². The van der Waals surface area contributed by atoms with E-state index in [1.807, 2.05) is 44.2 Å². The van der Waals surface area contributed by atoms with Gasteiger partial charge in [0.1, 0.15) is 11.4 Å². The highest BCUT2D eigenvalue weighted by molar-refractivity contribution is 7.21. The smallest absolute Gasteiger partial charge is 0.326 e. The Bertz CT molecular complexity index is 1070. The second kappa shape index (κ2) is 9.00. The molecular weight excluding hydrogens is 390 g/mol. The van der Waals surface area contributed by atoms with Gasteiger partial charge in [0.2, 0.25) is 0 Å². The molecule has 29 heavy (non-hydrogen) atoms. The number of thiophene rings is 1. The van der Waals surface area contributed by atoms with Gasteiger partial charge >= 0.3 is 5.97 Å². The van der Waals surface area contributed by atoms with Crippen LogP contribution in [0.5, 0.6) is 0 Å². The largest absolute Gasteiger partial charge is 0.451 e. The topological polar surface area (TPSA) is 90.3 Å². The number of aromatic nitrogens is 2. The van der Waals surface area contributed by atoms with Crippen LogP contribution in [0.3, 0.4) is 0 Å². The van der Waals surface area contributed by atoms with Crippen molar-refractivity contribution in [2.75, 3.05) is 6.54 Å². The van der Waals surface area contributed by atoms with E-state index in [1.165, 1.54) is 29.2 Å². The van der Waals surface area contributed by atoms with Crippen molar-refractivity contribution in [2.45, 2.75) is 33.4 Å². The van der Waals surface area contributed by atoms with Crippen molar-refractivity contribution in [3.63, 3.8) is 0 Å². The number of rotatable bonds is 7. The third-order valence-electron chi connectivity index (χ3n) is 4.24. The number of ether oxygens (including phenoxy) is 1. The molecule has 1 amide bonds. The number of fused-ring (bicyclic) bond motifs is 1. The molecule has 1 N–H and O–H groups in total. The van der Waals surface area contributed by atoms with E-state index in [0.717, 1.165) is 10.4 Å². The first-order valence-electron chi connectivity index (χ1n) is 9.36. The van der Waals surface area contributed by atoms with E-state index in [9.17, 15) is 14.4 Å². The molecule has 0 fully saturated rings. The summed E-state index contributed by atoms with van der Waals surface area (Å²) >= 11 is 1.42. The molecular formula is C21H23N3O4S. The Morgan fingerprint density at radius 1 is 1.21 bits per heavy atom. The highest BCUT2D eigenvalue weighted by Crippen LogP contribution is 2.30. The van der Waals surface area contributed by atoms with Crippen LogP contribution in [0.15, 0.2) is 47.5 Å². The van der Waals surface area contributed by atoms with E-state index >= 15 is 0 Å². The van der Waals surface area contributed by atoms with Gasteiger partial charge in [-0.05, 0) is 24.5 Å². The molecule has 0 radical (unpaired) electrons. The van der Waals surface area contributed by atoms with Crippen LogP contribution in [0.25, 0.3) is 20.7 Å². The lowest BCUT2D eigenvalue weighted by molar-refractivity contribution is -0.155. The van der Waals surface area contributed by atoms with Gasteiger partial charge in [-0.1, -0.05) is 44.2 Å². The minimum absolute atomic E-state index is 0.296. The Morgan fingerprint density at radius 3 is 2.62 bits per heavy atom. The summed E-state index contributed by atoms with van der Waals surface area (Å²) in [6, 6.07) is 11.5. The second-order valence-electron chi connectivity index (χ2n) is 7.14. The van der Waals surface area contributed by atoms with Crippen LogP contribution in [0, 0.1) is 5.92 Å². The summed E-state index contributed by atoms with van der Waals surface area (Å²) in [4.78, 5) is 42.7. The molecule has 0 spiro atoms. The summed E-state index contributed by atoms with van der Waals surface area (Å²) < 4.78 is 6.35. The summed E-state index contributed by atoms with van der Waals surface area (Å²) in [6.45, 7) is 5.64. The van der Waals surface area contributed by atoms with Crippen LogP contribution in [0.4, 0.5) is 0 Å². The van der Waals surface area contributed by atoms with Gasteiger partial charge in [0, 0.05) is 11.4 Å². The molecule has 1 atom stereocenters. The average Bonchev–Trinajstić information content (AvgIpc) is 3.14. The zero-order valence-electron chi connectivity index (χ0n) is 16.5. The van der Waals surface area contributed by atoms with E-state index in [4.69, 9.17) is 4.74 Å². The number of hydrogen-bond acceptors (Lipinski definition) is 6.